The molecule has 17 heavy (non-hydrogen) atoms. The van der Waals surface area contributed by atoms with Gasteiger partial charge in [-0.1, -0.05) is 31.2 Å². The first-order valence-electron chi connectivity index (χ1n) is 5.71. The second kappa shape index (κ2) is 6.54. The number of halogens is 1. The maximum atomic E-state index is 6.02. The summed E-state index contributed by atoms with van der Waals surface area (Å²) in [5.41, 5.74) is 0.825. The molecule has 0 unspecified atom stereocenters. The van der Waals surface area contributed by atoms with Crippen molar-refractivity contribution in [3.05, 3.63) is 16.9 Å². The molecule has 1 rings (SSSR count). The third-order valence-corrected chi connectivity index (χ3v) is 4.29. The fourth-order valence-corrected chi connectivity index (χ4v) is 2.25. The molecule has 0 radical (unpaired) electrons. The van der Waals surface area contributed by atoms with Crippen molar-refractivity contribution in [2.24, 2.45) is 0 Å². The van der Waals surface area contributed by atoms with Gasteiger partial charge >= 0.3 is 0 Å². The van der Waals surface area contributed by atoms with E-state index in [2.05, 4.69) is 24.7 Å². The van der Waals surface area contributed by atoms with E-state index < -0.39 is 8.07 Å². The van der Waals surface area contributed by atoms with Gasteiger partial charge in [0.15, 0.2) is 0 Å². The number of ether oxygens (including phenoxy) is 2. The van der Waals surface area contributed by atoms with Crippen molar-refractivity contribution in [3.8, 4) is 0 Å². The van der Waals surface area contributed by atoms with Crippen molar-refractivity contribution in [3.63, 3.8) is 0 Å². The molecular formula is C11H21ClN2O2Si. The molecular weight excluding hydrogens is 256 g/mol. The van der Waals surface area contributed by atoms with E-state index in [0.717, 1.165) is 18.3 Å². The van der Waals surface area contributed by atoms with Gasteiger partial charge in [-0.2, -0.15) is 5.10 Å². The van der Waals surface area contributed by atoms with Crippen molar-refractivity contribution in [2.75, 3.05) is 13.7 Å². The number of aromatic nitrogens is 2. The van der Waals surface area contributed by atoms with E-state index in [-0.39, 0.29) is 0 Å². The van der Waals surface area contributed by atoms with Gasteiger partial charge in [-0.3, -0.25) is 0 Å². The molecule has 0 aromatic carbocycles. The summed E-state index contributed by atoms with van der Waals surface area (Å²) in [7, 11) is 0.612. The van der Waals surface area contributed by atoms with Crippen molar-refractivity contribution in [1.29, 1.82) is 0 Å². The van der Waals surface area contributed by atoms with Crippen molar-refractivity contribution >= 4 is 19.7 Å². The van der Waals surface area contributed by atoms with E-state index in [1.54, 1.807) is 17.9 Å². The molecule has 0 saturated heterocycles. The monoisotopic (exact) mass is 276 g/mol. The van der Waals surface area contributed by atoms with Crippen LogP contribution in [0.25, 0.3) is 0 Å². The summed E-state index contributed by atoms with van der Waals surface area (Å²) in [6, 6.07) is 2.95. The average Bonchev–Trinajstić information content (AvgIpc) is 2.53. The van der Waals surface area contributed by atoms with E-state index >= 15 is 0 Å². The largest absolute Gasteiger partial charge is 0.378 e. The minimum Gasteiger partial charge on any atom is -0.378 e. The van der Waals surface area contributed by atoms with Gasteiger partial charge in [0.05, 0.1) is 12.3 Å². The second-order valence-corrected chi connectivity index (χ2v) is 11.2. The van der Waals surface area contributed by atoms with E-state index in [4.69, 9.17) is 21.1 Å². The Kier molecular flexibility index (Phi) is 5.65. The van der Waals surface area contributed by atoms with Crippen molar-refractivity contribution < 1.29 is 9.47 Å². The van der Waals surface area contributed by atoms with Crippen LogP contribution < -0.4 is 0 Å². The Bertz CT molecular complexity index is 350. The molecule has 6 heteroatoms. The maximum absolute atomic E-state index is 6.02. The fourth-order valence-electron chi connectivity index (χ4n) is 1.28. The van der Waals surface area contributed by atoms with E-state index in [9.17, 15) is 0 Å². The molecule has 1 aromatic rings. The number of hydrogen-bond acceptors (Lipinski definition) is 3. The summed E-state index contributed by atoms with van der Waals surface area (Å²) in [5.74, 6) is 0. The van der Waals surface area contributed by atoms with Crippen LogP contribution >= 0.6 is 11.6 Å². The molecule has 0 spiro atoms. The van der Waals surface area contributed by atoms with Crippen LogP contribution in [0.4, 0.5) is 0 Å². The van der Waals surface area contributed by atoms with Crippen LogP contribution in [0.2, 0.25) is 30.8 Å². The predicted molar refractivity (Wildman–Crippen MR) is 72.1 cm³/mol. The van der Waals surface area contributed by atoms with Crippen molar-refractivity contribution in [2.45, 2.75) is 39.0 Å². The van der Waals surface area contributed by atoms with Gasteiger partial charge in [0.1, 0.15) is 11.9 Å². The van der Waals surface area contributed by atoms with Crippen LogP contribution in [-0.2, 0) is 22.8 Å². The van der Waals surface area contributed by atoms with Gasteiger partial charge in [0.25, 0.3) is 0 Å². The normalized spacial score (nSPS) is 12.1. The molecule has 98 valence electrons. The highest BCUT2D eigenvalue weighted by atomic mass is 35.5. The van der Waals surface area contributed by atoms with E-state index in [0.29, 0.717) is 18.5 Å². The molecule has 1 heterocycles. The third-order valence-electron chi connectivity index (χ3n) is 2.28. The Morgan fingerprint density at radius 3 is 2.71 bits per heavy atom. The van der Waals surface area contributed by atoms with Gasteiger partial charge in [0.2, 0.25) is 0 Å². The van der Waals surface area contributed by atoms with Crippen LogP contribution in [0.15, 0.2) is 6.07 Å². The maximum Gasteiger partial charge on any atom is 0.141 e. The third kappa shape index (κ3) is 5.67. The molecule has 0 fully saturated rings. The van der Waals surface area contributed by atoms with E-state index in [1.807, 2.05) is 0 Å². The molecule has 0 amide bonds. The van der Waals surface area contributed by atoms with Crippen LogP contribution in [0, 0.1) is 0 Å². The van der Waals surface area contributed by atoms with Crippen LogP contribution in [0.1, 0.15) is 5.69 Å². The highest BCUT2D eigenvalue weighted by Gasteiger charge is 2.12. The SMILES string of the molecule is COCc1cc(Cl)n(COCC[Si](C)(C)C)n1. The van der Waals surface area contributed by atoms with Crippen LogP contribution in [0.5, 0.6) is 0 Å². The lowest BCUT2D eigenvalue weighted by Crippen LogP contribution is -2.22. The summed E-state index contributed by atoms with van der Waals surface area (Å²) in [6.07, 6.45) is 0. The second-order valence-electron chi connectivity index (χ2n) is 5.24. The molecule has 0 bridgehead atoms. The molecule has 0 N–H and O–H groups in total. The first-order chi connectivity index (χ1) is 7.92. The highest BCUT2D eigenvalue weighted by molar-refractivity contribution is 6.76. The summed E-state index contributed by atoms with van der Waals surface area (Å²) >= 11 is 6.02. The van der Waals surface area contributed by atoms with Gasteiger partial charge in [-0.15, -0.1) is 0 Å². The summed E-state index contributed by atoms with van der Waals surface area (Å²) in [4.78, 5) is 0. The Morgan fingerprint density at radius 1 is 1.41 bits per heavy atom. The topological polar surface area (TPSA) is 36.3 Å². The molecule has 4 nitrogen and oxygen atoms in total. The molecule has 0 atom stereocenters. The first-order valence-corrected chi connectivity index (χ1v) is 9.80. The number of rotatable bonds is 7. The van der Waals surface area contributed by atoms with E-state index in [1.165, 1.54) is 0 Å². The van der Waals surface area contributed by atoms with Gasteiger partial charge in [-0.25, -0.2) is 4.68 Å². The minimum absolute atomic E-state index is 0.410. The smallest absolute Gasteiger partial charge is 0.141 e. The Morgan fingerprint density at radius 2 is 2.12 bits per heavy atom. The van der Waals surface area contributed by atoms with Crippen LogP contribution in [0.3, 0.4) is 0 Å². The lowest BCUT2D eigenvalue weighted by Gasteiger charge is -2.15. The highest BCUT2D eigenvalue weighted by Crippen LogP contribution is 2.12. The Labute approximate surface area is 109 Å². The van der Waals surface area contributed by atoms with Gasteiger partial charge in [-0.05, 0) is 6.04 Å². The van der Waals surface area contributed by atoms with Crippen molar-refractivity contribution in [1.82, 2.24) is 9.78 Å². The average molecular weight is 277 g/mol. The minimum atomic E-state index is -1.02. The molecule has 1 aromatic heterocycles. The van der Waals surface area contributed by atoms with Gasteiger partial charge < -0.3 is 9.47 Å². The zero-order valence-corrected chi connectivity index (χ0v) is 12.8. The molecule has 0 aliphatic rings. The molecule has 0 saturated carbocycles. The quantitative estimate of drug-likeness (QED) is 0.567. The number of nitrogens with zero attached hydrogens (tertiary/aromatic N) is 2. The molecule has 0 aliphatic carbocycles. The van der Waals surface area contributed by atoms with Gasteiger partial charge in [0, 0.05) is 27.9 Å². The zero-order valence-electron chi connectivity index (χ0n) is 11.0. The first kappa shape index (κ1) is 14.7. The number of methoxy groups -OCH3 is 1. The zero-order chi connectivity index (χ0) is 12.9. The summed E-state index contributed by atoms with van der Waals surface area (Å²) in [6.45, 7) is 8.63. The number of hydrogen-bond donors (Lipinski definition) is 0. The van der Waals surface area contributed by atoms with Crippen LogP contribution in [-0.4, -0.2) is 31.6 Å². The lowest BCUT2D eigenvalue weighted by atomic mass is 10.5. The summed E-state index contributed by atoms with van der Waals surface area (Å²) in [5, 5.41) is 4.87. The lowest BCUT2D eigenvalue weighted by molar-refractivity contribution is 0.0776. The summed E-state index contributed by atoms with van der Waals surface area (Å²) < 4.78 is 12.2. The molecule has 0 aliphatic heterocycles. The standard InChI is InChI=1S/C11H21ClN2O2Si/c1-15-8-10-7-11(12)14(13-10)9-16-5-6-17(2,3)4/h7H,5-6,8-9H2,1-4H3. The fraction of sp³-hybridized carbons (Fsp3) is 0.727. The Balaban J connectivity index is 2.36. The predicted octanol–water partition coefficient (Wildman–Crippen LogP) is 3.00. The Hall–Kier alpha value is -0.363.